The summed E-state index contributed by atoms with van der Waals surface area (Å²) in [5.74, 6) is 0.0786. The molecule has 1 aromatic heterocycles. The van der Waals surface area contributed by atoms with Crippen LogP contribution in [0.3, 0.4) is 0 Å². The normalized spacial score (nSPS) is 12.3. The second-order valence-electron chi connectivity index (χ2n) is 6.77. The monoisotopic (exact) mass is 565 g/mol. The van der Waals surface area contributed by atoms with Crippen LogP contribution in [0.5, 0.6) is 11.5 Å². The molecule has 0 saturated carbocycles. The molecule has 0 aliphatic rings. The minimum atomic E-state index is -1.09. The van der Waals surface area contributed by atoms with Crippen LogP contribution in [0.25, 0.3) is 10.9 Å². The van der Waals surface area contributed by atoms with E-state index < -0.39 is 12.1 Å². The van der Waals surface area contributed by atoms with E-state index in [2.05, 4.69) is 41.9 Å². The minimum absolute atomic E-state index is 0.274. The average molecular weight is 567 g/mol. The summed E-state index contributed by atoms with van der Waals surface area (Å²) in [6.07, 6.45) is 0.981. The molecule has 2 aromatic carbocycles. The van der Waals surface area contributed by atoms with Crippen LogP contribution in [0.1, 0.15) is 32.2 Å². The Morgan fingerprint density at radius 1 is 1.28 bits per heavy atom. The first-order valence-electron chi connectivity index (χ1n) is 9.86. The second kappa shape index (κ2) is 10.3. The fraction of sp³-hybridized carbons (Fsp3) is 0.273. The topological polar surface area (TPSA) is 103 Å². The Bertz CT molecular complexity index is 1260. The Hall–Kier alpha value is -2.72. The highest BCUT2D eigenvalue weighted by Crippen LogP contribution is 2.37. The van der Waals surface area contributed by atoms with E-state index in [0.717, 1.165) is 4.47 Å². The van der Waals surface area contributed by atoms with Crippen molar-refractivity contribution in [2.24, 2.45) is 5.10 Å². The van der Waals surface area contributed by atoms with E-state index in [1.807, 2.05) is 19.9 Å². The van der Waals surface area contributed by atoms with E-state index in [-0.39, 0.29) is 11.3 Å². The molecule has 0 aliphatic carbocycles. The van der Waals surface area contributed by atoms with Crippen LogP contribution in [0, 0.1) is 0 Å². The molecule has 168 valence electrons. The van der Waals surface area contributed by atoms with Crippen LogP contribution < -0.4 is 15.0 Å². The SMILES string of the molecule is CCOc1cc(C=Nn2c(CC)nc3ccc(Br)cc3c2=O)cc(Br)c1O[C@@H](C)C(=O)O. The van der Waals surface area contributed by atoms with Gasteiger partial charge in [-0.25, -0.2) is 9.78 Å². The quantitative estimate of drug-likeness (QED) is 0.399. The molecule has 0 unspecified atom stereocenters. The van der Waals surface area contributed by atoms with Gasteiger partial charge in [-0.2, -0.15) is 9.78 Å². The van der Waals surface area contributed by atoms with E-state index in [1.54, 1.807) is 24.3 Å². The van der Waals surface area contributed by atoms with Crippen LogP contribution in [0.4, 0.5) is 0 Å². The fourth-order valence-corrected chi connectivity index (χ4v) is 3.85. The summed E-state index contributed by atoms with van der Waals surface area (Å²) in [7, 11) is 0. The van der Waals surface area contributed by atoms with Gasteiger partial charge in [0.1, 0.15) is 5.82 Å². The van der Waals surface area contributed by atoms with Crippen molar-refractivity contribution in [1.29, 1.82) is 0 Å². The Kier molecular flexibility index (Phi) is 7.68. The van der Waals surface area contributed by atoms with Gasteiger partial charge in [-0.15, -0.1) is 0 Å². The standard InChI is InChI=1S/C22H21Br2N3O5/c1-4-19-26-17-7-6-14(23)10-15(17)21(28)27(19)25-11-13-8-16(24)20(18(9-13)31-5-2)32-12(3)22(29)30/h6-12H,4-5H2,1-3H3,(H,29,30)/t12-/m0/s1. The maximum atomic E-state index is 13.0. The van der Waals surface area contributed by atoms with Crippen molar-refractivity contribution < 1.29 is 19.4 Å². The highest BCUT2D eigenvalue weighted by molar-refractivity contribution is 9.10. The van der Waals surface area contributed by atoms with Crippen molar-refractivity contribution in [2.45, 2.75) is 33.3 Å². The first-order chi connectivity index (χ1) is 15.2. The zero-order valence-corrected chi connectivity index (χ0v) is 20.8. The highest BCUT2D eigenvalue weighted by Gasteiger charge is 2.19. The van der Waals surface area contributed by atoms with Crippen LogP contribution in [0.2, 0.25) is 0 Å². The van der Waals surface area contributed by atoms with Gasteiger partial charge in [-0.05, 0) is 65.7 Å². The van der Waals surface area contributed by atoms with E-state index in [9.17, 15) is 9.59 Å². The number of aromatic nitrogens is 2. The lowest BCUT2D eigenvalue weighted by Gasteiger charge is -2.17. The number of carboxylic acids is 1. The predicted octanol–water partition coefficient (Wildman–Crippen LogP) is 4.62. The number of hydrogen-bond donors (Lipinski definition) is 1. The van der Waals surface area contributed by atoms with Gasteiger partial charge in [0.15, 0.2) is 17.6 Å². The van der Waals surface area contributed by atoms with Crippen LogP contribution in [0.15, 0.2) is 49.2 Å². The molecule has 1 heterocycles. The smallest absolute Gasteiger partial charge is 0.344 e. The molecule has 32 heavy (non-hydrogen) atoms. The number of fused-ring (bicyclic) bond motifs is 1. The van der Waals surface area contributed by atoms with Gasteiger partial charge in [0.25, 0.3) is 5.56 Å². The molecule has 0 spiro atoms. The summed E-state index contributed by atoms with van der Waals surface area (Å²) in [4.78, 5) is 28.8. The molecule has 0 fully saturated rings. The molecule has 0 radical (unpaired) electrons. The van der Waals surface area contributed by atoms with Crippen molar-refractivity contribution in [3.8, 4) is 11.5 Å². The molecular weight excluding hydrogens is 546 g/mol. The van der Waals surface area contributed by atoms with Crippen molar-refractivity contribution in [1.82, 2.24) is 9.66 Å². The first kappa shape index (κ1) is 23.9. The fourth-order valence-electron chi connectivity index (χ4n) is 2.93. The number of carboxylic acid groups (broad SMARTS) is 1. The molecular formula is C22H21Br2N3O5. The molecule has 1 N–H and O–H groups in total. The lowest BCUT2D eigenvalue weighted by molar-refractivity contribution is -0.144. The number of halogens is 2. The summed E-state index contributed by atoms with van der Waals surface area (Å²) < 4.78 is 13.7. The van der Waals surface area contributed by atoms with Gasteiger partial charge in [-0.1, -0.05) is 22.9 Å². The van der Waals surface area contributed by atoms with Gasteiger partial charge < -0.3 is 14.6 Å². The zero-order chi connectivity index (χ0) is 23.4. The average Bonchev–Trinajstić information content (AvgIpc) is 2.75. The van der Waals surface area contributed by atoms with Crippen molar-refractivity contribution in [3.63, 3.8) is 0 Å². The van der Waals surface area contributed by atoms with Gasteiger partial charge in [0, 0.05) is 10.9 Å². The molecule has 3 aromatic rings. The summed E-state index contributed by atoms with van der Waals surface area (Å²) in [5, 5.41) is 14.0. The van der Waals surface area contributed by atoms with E-state index >= 15 is 0 Å². The number of benzene rings is 2. The summed E-state index contributed by atoms with van der Waals surface area (Å²) in [6, 6.07) is 8.72. The molecule has 0 amide bonds. The largest absolute Gasteiger partial charge is 0.490 e. The Balaban J connectivity index is 2.06. The highest BCUT2D eigenvalue weighted by atomic mass is 79.9. The van der Waals surface area contributed by atoms with Crippen LogP contribution >= 0.6 is 31.9 Å². The summed E-state index contributed by atoms with van der Waals surface area (Å²) >= 11 is 6.79. The summed E-state index contributed by atoms with van der Waals surface area (Å²) in [6.45, 7) is 5.50. The van der Waals surface area contributed by atoms with Crippen LogP contribution in [-0.2, 0) is 11.2 Å². The minimum Gasteiger partial charge on any atom is -0.490 e. The molecule has 0 aliphatic heterocycles. The number of hydrogen-bond acceptors (Lipinski definition) is 6. The van der Waals surface area contributed by atoms with Gasteiger partial charge >= 0.3 is 5.97 Å². The Labute approximate surface area is 201 Å². The van der Waals surface area contributed by atoms with Crippen LogP contribution in [-0.4, -0.2) is 39.7 Å². The summed E-state index contributed by atoms with van der Waals surface area (Å²) in [5.41, 5.74) is 0.958. The Morgan fingerprint density at radius 3 is 2.69 bits per heavy atom. The number of carbonyl (C=O) groups is 1. The molecule has 0 saturated heterocycles. The number of nitrogens with zero attached hydrogens (tertiary/aromatic N) is 3. The van der Waals surface area contributed by atoms with Gasteiger partial charge in [0.2, 0.25) is 0 Å². The molecule has 1 atom stereocenters. The molecule has 3 rings (SSSR count). The lowest BCUT2D eigenvalue weighted by Crippen LogP contribution is -2.23. The third kappa shape index (κ3) is 5.18. The first-order valence-corrected chi connectivity index (χ1v) is 11.4. The number of aliphatic carboxylic acids is 1. The van der Waals surface area contributed by atoms with Gasteiger partial charge in [-0.3, -0.25) is 4.79 Å². The molecule has 10 heteroatoms. The maximum Gasteiger partial charge on any atom is 0.344 e. The Morgan fingerprint density at radius 2 is 2.03 bits per heavy atom. The van der Waals surface area contributed by atoms with E-state index in [4.69, 9.17) is 14.6 Å². The number of ether oxygens (including phenoxy) is 2. The molecule has 0 bridgehead atoms. The van der Waals surface area contributed by atoms with E-state index in [0.29, 0.717) is 45.5 Å². The third-order valence-electron chi connectivity index (χ3n) is 4.49. The van der Waals surface area contributed by atoms with Crippen molar-refractivity contribution in [3.05, 3.63) is 61.0 Å². The number of rotatable bonds is 8. The maximum absolute atomic E-state index is 13.0. The number of aryl methyl sites for hydroxylation is 1. The predicted molar refractivity (Wildman–Crippen MR) is 129 cm³/mol. The second-order valence-corrected chi connectivity index (χ2v) is 8.54. The third-order valence-corrected chi connectivity index (χ3v) is 5.57. The molecule has 8 nitrogen and oxygen atoms in total. The van der Waals surface area contributed by atoms with Crippen molar-refractivity contribution >= 4 is 54.9 Å². The van der Waals surface area contributed by atoms with Gasteiger partial charge in [0.05, 0.1) is 28.2 Å². The zero-order valence-electron chi connectivity index (χ0n) is 17.6. The van der Waals surface area contributed by atoms with Crippen molar-refractivity contribution in [2.75, 3.05) is 6.61 Å². The lowest BCUT2D eigenvalue weighted by atomic mass is 10.2. The van der Waals surface area contributed by atoms with E-state index in [1.165, 1.54) is 17.8 Å².